The van der Waals surface area contributed by atoms with Crippen molar-refractivity contribution in [1.82, 2.24) is 10.6 Å². The summed E-state index contributed by atoms with van der Waals surface area (Å²) in [5.74, 6) is 0.0190. The molecule has 1 aromatic rings. The first kappa shape index (κ1) is 22.7. The van der Waals surface area contributed by atoms with Gasteiger partial charge in [-0.25, -0.2) is 0 Å². The molecule has 0 unspecified atom stereocenters. The van der Waals surface area contributed by atoms with Crippen LogP contribution in [0.2, 0.25) is 0 Å². The first-order valence-electron chi connectivity index (χ1n) is 11.0. The van der Waals surface area contributed by atoms with Crippen LogP contribution in [0.25, 0.3) is 0 Å². The van der Waals surface area contributed by atoms with Crippen LogP contribution in [0.1, 0.15) is 51.4 Å². The normalized spacial score (nSPS) is 21.2. The molecule has 1 aliphatic carbocycles. The molecule has 0 radical (unpaired) electrons. The first-order chi connectivity index (χ1) is 14.6. The van der Waals surface area contributed by atoms with Gasteiger partial charge in [0.25, 0.3) is 0 Å². The van der Waals surface area contributed by atoms with Crippen LogP contribution in [-0.4, -0.2) is 48.4 Å². The Hall–Kier alpha value is -2.02. The SMILES string of the molecule is CSCC[C@@H](NC(=O)[C@@H]1CC(=O)N(c2ccccc2)C1)C(=O)NC1CCCCCC1. The van der Waals surface area contributed by atoms with Crippen molar-refractivity contribution in [2.24, 2.45) is 5.92 Å². The van der Waals surface area contributed by atoms with Crippen molar-refractivity contribution in [2.75, 3.05) is 23.5 Å². The Labute approximate surface area is 183 Å². The minimum atomic E-state index is -0.547. The lowest BCUT2D eigenvalue weighted by atomic mass is 10.1. The quantitative estimate of drug-likeness (QED) is 0.620. The number of rotatable bonds is 8. The lowest BCUT2D eigenvalue weighted by Gasteiger charge is -2.24. The van der Waals surface area contributed by atoms with E-state index < -0.39 is 12.0 Å². The van der Waals surface area contributed by atoms with Crippen molar-refractivity contribution < 1.29 is 14.4 Å². The van der Waals surface area contributed by atoms with E-state index in [1.54, 1.807) is 16.7 Å². The van der Waals surface area contributed by atoms with Gasteiger partial charge in [-0.15, -0.1) is 0 Å². The maximum atomic E-state index is 12.9. The maximum Gasteiger partial charge on any atom is 0.242 e. The molecule has 2 N–H and O–H groups in total. The smallest absolute Gasteiger partial charge is 0.242 e. The van der Waals surface area contributed by atoms with Gasteiger partial charge < -0.3 is 15.5 Å². The molecule has 3 rings (SSSR count). The summed E-state index contributed by atoms with van der Waals surface area (Å²) in [7, 11) is 0. The van der Waals surface area contributed by atoms with E-state index in [1.165, 1.54) is 12.8 Å². The van der Waals surface area contributed by atoms with Crippen molar-refractivity contribution in [1.29, 1.82) is 0 Å². The van der Waals surface area contributed by atoms with Crippen LogP contribution in [0.4, 0.5) is 5.69 Å². The topological polar surface area (TPSA) is 78.5 Å². The van der Waals surface area contributed by atoms with Gasteiger partial charge >= 0.3 is 0 Å². The molecule has 1 aliphatic heterocycles. The average Bonchev–Trinajstić information content (AvgIpc) is 2.96. The van der Waals surface area contributed by atoms with E-state index >= 15 is 0 Å². The molecule has 164 valence electrons. The number of nitrogens with one attached hydrogen (secondary N) is 2. The Bertz CT molecular complexity index is 720. The maximum absolute atomic E-state index is 12.9. The molecule has 2 aliphatic rings. The van der Waals surface area contributed by atoms with Gasteiger partial charge in [-0.3, -0.25) is 14.4 Å². The van der Waals surface area contributed by atoms with Gasteiger partial charge in [-0.1, -0.05) is 43.9 Å². The van der Waals surface area contributed by atoms with Gasteiger partial charge in [-0.2, -0.15) is 11.8 Å². The van der Waals surface area contributed by atoms with Gasteiger partial charge in [0.2, 0.25) is 17.7 Å². The summed E-state index contributed by atoms with van der Waals surface area (Å²) in [6.07, 6.45) is 9.54. The Morgan fingerprint density at radius 2 is 1.83 bits per heavy atom. The van der Waals surface area contributed by atoms with E-state index in [9.17, 15) is 14.4 Å². The van der Waals surface area contributed by atoms with E-state index in [0.717, 1.165) is 37.1 Å². The molecular weight excluding hydrogens is 398 g/mol. The predicted molar refractivity (Wildman–Crippen MR) is 121 cm³/mol. The average molecular weight is 432 g/mol. The van der Waals surface area contributed by atoms with Gasteiger partial charge in [0.1, 0.15) is 6.04 Å². The molecule has 2 fully saturated rings. The van der Waals surface area contributed by atoms with Crippen LogP contribution in [0, 0.1) is 5.92 Å². The monoisotopic (exact) mass is 431 g/mol. The van der Waals surface area contributed by atoms with Crippen LogP contribution in [0.3, 0.4) is 0 Å². The number of carbonyl (C=O) groups excluding carboxylic acids is 3. The second-order valence-corrected chi connectivity index (χ2v) is 9.27. The number of para-hydroxylation sites is 1. The molecule has 3 amide bonds. The lowest BCUT2D eigenvalue weighted by Crippen LogP contribution is -2.51. The molecule has 2 atom stereocenters. The van der Waals surface area contributed by atoms with E-state index in [0.29, 0.717) is 13.0 Å². The molecule has 0 spiro atoms. The molecule has 0 bridgehead atoms. The zero-order chi connectivity index (χ0) is 21.3. The number of hydrogen-bond donors (Lipinski definition) is 2. The molecule has 1 saturated carbocycles. The number of amides is 3. The number of thioether (sulfide) groups is 1. The van der Waals surface area contributed by atoms with E-state index in [1.807, 2.05) is 36.6 Å². The van der Waals surface area contributed by atoms with E-state index in [2.05, 4.69) is 10.6 Å². The summed E-state index contributed by atoms with van der Waals surface area (Å²) in [6.45, 7) is 0.355. The summed E-state index contributed by atoms with van der Waals surface area (Å²) in [5, 5.41) is 6.12. The molecule has 6 nitrogen and oxygen atoms in total. The van der Waals surface area contributed by atoms with Crippen LogP contribution in [-0.2, 0) is 14.4 Å². The fraction of sp³-hybridized carbons (Fsp3) is 0.609. The first-order valence-corrected chi connectivity index (χ1v) is 12.4. The fourth-order valence-corrected chi connectivity index (χ4v) is 4.73. The van der Waals surface area contributed by atoms with E-state index in [-0.39, 0.29) is 30.2 Å². The standard InChI is InChI=1S/C23H33N3O3S/c1-30-14-13-20(23(29)24-18-9-5-2-3-6-10-18)25-22(28)17-15-21(27)26(16-17)19-11-7-4-8-12-19/h4,7-8,11-12,17-18,20H,2-3,5-6,9-10,13-16H2,1H3,(H,24,29)(H,25,28)/t17-,20-/m1/s1. The zero-order valence-electron chi connectivity index (χ0n) is 17.8. The highest BCUT2D eigenvalue weighted by atomic mass is 32.2. The lowest BCUT2D eigenvalue weighted by molar-refractivity contribution is -0.131. The number of benzene rings is 1. The van der Waals surface area contributed by atoms with Crippen molar-refractivity contribution in [2.45, 2.75) is 63.5 Å². The van der Waals surface area contributed by atoms with Crippen molar-refractivity contribution in [3.8, 4) is 0 Å². The summed E-state index contributed by atoms with van der Waals surface area (Å²) in [4.78, 5) is 39.9. The van der Waals surface area contributed by atoms with Gasteiger partial charge in [0.15, 0.2) is 0 Å². The van der Waals surface area contributed by atoms with Gasteiger partial charge in [-0.05, 0) is 43.4 Å². The minimum absolute atomic E-state index is 0.0510. The van der Waals surface area contributed by atoms with Crippen LogP contribution < -0.4 is 15.5 Å². The molecule has 7 heteroatoms. The summed E-state index contributed by atoms with van der Waals surface area (Å²) >= 11 is 1.66. The predicted octanol–water partition coefficient (Wildman–Crippen LogP) is 3.12. The highest BCUT2D eigenvalue weighted by molar-refractivity contribution is 7.98. The Morgan fingerprint density at radius 1 is 1.13 bits per heavy atom. The van der Waals surface area contributed by atoms with Gasteiger partial charge in [0, 0.05) is 24.7 Å². The van der Waals surface area contributed by atoms with Gasteiger partial charge in [0.05, 0.1) is 5.92 Å². The third-order valence-electron chi connectivity index (χ3n) is 6.01. The second-order valence-electron chi connectivity index (χ2n) is 8.28. The Balaban J connectivity index is 1.59. The number of hydrogen-bond acceptors (Lipinski definition) is 4. The molecule has 30 heavy (non-hydrogen) atoms. The van der Waals surface area contributed by atoms with Crippen LogP contribution in [0.15, 0.2) is 30.3 Å². The Morgan fingerprint density at radius 3 is 2.50 bits per heavy atom. The number of carbonyl (C=O) groups is 3. The highest BCUT2D eigenvalue weighted by Crippen LogP contribution is 2.25. The molecule has 1 aromatic carbocycles. The van der Waals surface area contributed by atoms with Crippen molar-refractivity contribution in [3.63, 3.8) is 0 Å². The highest BCUT2D eigenvalue weighted by Gasteiger charge is 2.36. The molecule has 1 saturated heterocycles. The third kappa shape index (κ3) is 6.24. The molecule has 1 heterocycles. The summed E-state index contributed by atoms with van der Waals surface area (Å²) in [5.41, 5.74) is 0.808. The van der Waals surface area contributed by atoms with Crippen molar-refractivity contribution >= 4 is 35.2 Å². The van der Waals surface area contributed by atoms with E-state index in [4.69, 9.17) is 0 Å². The Kier molecular flexibility index (Phi) is 8.61. The minimum Gasteiger partial charge on any atom is -0.352 e. The number of nitrogens with zero attached hydrogens (tertiary/aromatic N) is 1. The third-order valence-corrected chi connectivity index (χ3v) is 6.65. The van der Waals surface area contributed by atoms with Crippen LogP contribution in [0.5, 0.6) is 0 Å². The fourth-order valence-electron chi connectivity index (χ4n) is 4.26. The largest absolute Gasteiger partial charge is 0.352 e. The van der Waals surface area contributed by atoms with Crippen LogP contribution >= 0.6 is 11.8 Å². The summed E-state index contributed by atoms with van der Waals surface area (Å²) < 4.78 is 0. The number of anilines is 1. The second kappa shape index (κ2) is 11.4. The zero-order valence-corrected chi connectivity index (χ0v) is 18.6. The molecule has 0 aromatic heterocycles. The summed E-state index contributed by atoms with van der Waals surface area (Å²) in [6, 6.07) is 9.07. The van der Waals surface area contributed by atoms with Crippen molar-refractivity contribution in [3.05, 3.63) is 30.3 Å². The molecular formula is C23H33N3O3S.